The van der Waals surface area contributed by atoms with E-state index in [0.717, 1.165) is 71.7 Å². The molecule has 26 heavy (non-hydrogen) atoms. The first-order chi connectivity index (χ1) is 12.2. The third kappa shape index (κ3) is 8.39. The first kappa shape index (κ1) is 23.4. The molecular weight excluding hydrogens is 445 g/mol. The predicted octanol–water partition coefficient (Wildman–Crippen LogP) is 1.27. The summed E-state index contributed by atoms with van der Waals surface area (Å²) in [6.45, 7) is 9.50. The molecule has 0 aromatic rings. The largest absolute Gasteiger partial charge is 0.382 e. The van der Waals surface area contributed by atoms with Gasteiger partial charge in [-0.1, -0.05) is 12.8 Å². The summed E-state index contributed by atoms with van der Waals surface area (Å²) < 4.78 is 5.27. The van der Waals surface area contributed by atoms with Gasteiger partial charge in [0.05, 0.1) is 0 Å². The lowest BCUT2D eigenvalue weighted by atomic mass is 10.1. The van der Waals surface area contributed by atoms with Gasteiger partial charge in [-0.15, -0.1) is 24.0 Å². The Morgan fingerprint density at radius 1 is 1.23 bits per heavy atom. The molecule has 0 radical (unpaired) electrons. The van der Waals surface area contributed by atoms with Crippen molar-refractivity contribution in [3.8, 4) is 0 Å². The maximum absolute atomic E-state index is 12.4. The average molecular weight is 481 g/mol. The van der Waals surface area contributed by atoms with Gasteiger partial charge in [-0.3, -0.25) is 14.7 Å². The molecule has 0 aromatic carbocycles. The summed E-state index contributed by atoms with van der Waals surface area (Å²) in [5.41, 5.74) is 5.86. The van der Waals surface area contributed by atoms with Crippen LogP contribution in [0.2, 0.25) is 0 Å². The molecule has 8 heteroatoms. The lowest BCUT2D eigenvalue weighted by molar-refractivity contribution is -0.137. The smallest absolute Gasteiger partial charge is 0.225 e. The van der Waals surface area contributed by atoms with E-state index in [1.807, 2.05) is 6.92 Å². The van der Waals surface area contributed by atoms with E-state index >= 15 is 0 Å². The SMILES string of the molecule is CCOCCCN=C(N)NCCN1CCN(C(=O)C2CCCC2)CC1.I. The number of aliphatic imine (C=N–C) groups is 1. The van der Waals surface area contributed by atoms with E-state index in [2.05, 4.69) is 20.1 Å². The Morgan fingerprint density at radius 2 is 1.92 bits per heavy atom. The van der Waals surface area contributed by atoms with Crippen molar-refractivity contribution >= 4 is 35.8 Å². The fourth-order valence-electron chi connectivity index (χ4n) is 3.53. The van der Waals surface area contributed by atoms with Crippen LogP contribution in [0.5, 0.6) is 0 Å². The molecule has 1 saturated heterocycles. The first-order valence-corrected chi connectivity index (χ1v) is 9.83. The number of hydrogen-bond donors (Lipinski definition) is 2. The van der Waals surface area contributed by atoms with Gasteiger partial charge in [0.15, 0.2) is 5.96 Å². The Labute approximate surface area is 175 Å². The van der Waals surface area contributed by atoms with E-state index in [1.165, 1.54) is 12.8 Å². The number of guanidine groups is 1. The van der Waals surface area contributed by atoms with Crippen LogP contribution < -0.4 is 11.1 Å². The summed E-state index contributed by atoms with van der Waals surface area (Å²) in [6, 6.07) is 0. The number of nitrogens with two attached hydrogens (primary N) is 1. The van der Waals surface area contributed by atoms with Gasteiger partial charge in [0.2, 0.25) is 5.91 Å². The first-order valence-electron chi connectivity index (χ1n) is 9.83. The quantitative estimate of drug-likeness (QED) is 0.224. The average Bonchev–Trinajstić information content (AvgIpc) is 3.16. The van der Waals surface area contributed by atoms with E-state index in [4.69, 9.17) is 10.5 Å². The number of carbonyl (C=O) groups excluding carboxylic acids is 1. The molecule has 0 unspecified atom stereocenters. The Balaban J connectivity index is 0.00000338. The van der Waals surface area contributed by atoms with Crippen LogP contribution in [-0.4, -0.2) is 80.7 Å². The van der Waals surface area contributed by atoms with Crippen molar-refractivity contribution in [3.63, 3.8) is 0 Å². The molecule has 1 amide bonds. The molecule has 1 aliphatic heterocycles. The van der Waals surface area contributed by atoms with Gasteiger partial charge >= 0.3 is 0 Å². The topological polar surface area (TPSA) is 83.2 Å². The van der Waals surface area contributed by atoms with E-state index in [0.29, 0.717) is 24.3 Å². The Morgan fingerprint density at radius 3 is 2.58 bits per heavy atom. The van der Waals surface area contributed by atoms with Crippen molar-refractivity contribution in [1.29, 1.82) is 0 Å². The van der Waals surface area contributed by atoms with Gasteiger partial charge in [-0.25, -0.2) is 0 Å². The molecule has 2 aliphatic rings. The monoisotopic (exact) mass is 481 g/mol. The van der Waals surface area contributed by atoms with Gasteiger partial charge in [-0.05, 0) is 26.2 Å². The maximum atomic E-state index is 12.4. The fourth-order valence-corrected chi connectivity index (χ4v) is 3.53. The zero-order chi connectivity index (χ0) is 17.9. The van der Waals surface area contributed by atoms with Crippen LogP contribution in [-0.2, 0) is 9.53 Å². The van der Waals surface area contributed by atoms with Crippen molar-refractivity contribution < 1.29 is 9.53 Å². The predicted molar refractivity (Wildman–Crippen MR) is 116 cm³/mol. The molecule has 2 rings (SSSR count). The normalized spacial score (nSPS) is 19.4. The summed E-state index contributed by atoms with van der Waals surface area (Å²) >= 11 is 0. The molecule has 2 fully saturated rings. The zero-order valence-electron chi connectivity index (χ0n) is 16.1. The Kier molecular flexibility index (Phi) is 12.2. The third-order valence-electron chi connectivity index (χ3n) is 5.06. The molecule has 0 spiro atoms. The number of piperazine rings is 1. The van der Waals surface area contributed by atoms with E-state index in [1.54, 1.807) is 0 Å². The van der Waals surface area contributed by atoms with Crippen molar-refractivity contribution in [2.24, 2.45) is 16.6 Å². The maximum Gasteiger partial charge on any atom is 0.225 e. The molecule has 152 valence electrons. The standard InChI is InChI=1S/C18H35N5O2.HI/c1-2-25-15-5-8-20-18(19)21-9-10-22-11-13-23(14-12-22)17(24)16-6-3-4-7-16;/h16H,2-15H2,1H3,(H3,19,20,21);1H. The minimum Gasteiger partial charge on any atom is -0.382 e. The molecule has 7 nitrogen and oxygen atoms in total. The van der Waals surface area contributed by atoms with Crippen LogP contribution in [0.3, 0.4) is 0 Å². The fraction of sp³-hybridized carbons (Fsp3) is 0.889. The lowest BCUT2D eigenvalue weighted by Crippen LogP contribution is -2.51. The molecule has 1 saturated carbocycles. The molecule has 3 N–H and O–H groups in total. The second-order valence-electron chi connectivity index (χ2n) is 6.89. The molecule has 1 heterocycles. The van der Waals surface area contributed by atoms with Gasteiger partial charge < -0.3 is 20.7 Å². The minimum absolute atomic E-state index is 0. The van der Waals surface area contributed by atoms with E-state index in [9.17, 15) is 4.79 Å². The number of ether oxygens (including phenoxy) is 1. The number of amides is 1. The van der Waals surface area contributed by atoms with E-state index < -0.39 is 0 Å². The van der Waals surface area contributed by atoms with Crippen molar-refractivity contribution in [3.05, 3.63) is 0 Å². The molecular formula is C18H36IN5O2. The summed E-state index contributed by atoms with van der Waals surface area (Å²) in [5.74, 6) is 1.19. The second kappa shape index (κ2) is 13.5. The minimum atomic E-state index is 0. The van der Waals surface area contributed by atoms with Crippen LogP contribution in [0.1, 0.15) is 39.0 Å². The molecule has 0 bridgehead atoms. The van der Waals surface area contributed by atoms with Gasteiger partial charge in [0.25, 0.3) is 0 Å². The Bertz CT molecular complexity index is 422. The van der Waals surface area contributed by atoms with Gasteiger partial charge in [-0.2, -0.15) is 0 Å². The van der Waals surface area contributed by atoms with Crippen molar-refractivity contribution in [2.45, 2.75) is 39.0 Å². The Hall–Kier alpha value is -0.610. The second-order valence-corrected chi connectivity index (χ2v) is 6.89. The number of hydrogen-bond acceptors (Lipinski definition) is 4. The number of rotatable bonds is 9. The highest BCUT2D eigenvalue weighted by Gasteiger charge is 2.29. The number of halogens is 1. The van der Waals surface area contributed by atoms with Gasteiger partial charge in [0, 0.05) is 64.9 Å². The summed E-state index contributed by atoms with van der Waals surface area (Å²) in [5, 5.41) is 3.16. The van der Waals surface area contributed by atoms with Crippen LogP contribution in [0.4, 0.5) is 0 Å². The number of nitrogens with zero attached hydrogens (tertiary/aromatic N) is 3. The van der Waals surface area contributed by atoms with Crippen molar-refractivity contribution in [1.82, 2.24) is 15.1 Å². The summed E-state index contributed by atoms with van der Waals surface area (Å²) in [6.07, 6.45) is 5.51. The number of carbonyl (C=O) groups is 1. The van der Waals surface area contributed by atoms with Crippen LogP contribution >= 0.6 is 24.0 Å². The van der Waals surface area contributed by atoms with Crippen molar-refractivity contribution in [2.75, 3.05) is 59.0 Å². The molecule has 0 aromatic heterocycles. The van der Waals surface area contributed by atoms with Crippen LogP contribution in [0.25, 0.3) is 0 Å². The van der Waals surface area contributed by atoms with Crippen LogP contribution in [0.15, 0.2) is 4.99 Å². The highest BCUT2D eigenvalue weighted by Crippen LogP contribution is 2.26. The third-order valence-corrected chi connectivity index (χ3v) is 5.06. The van der Waals surface area contributed by atoms with Crippen LogP contribution in [0, 0.1) is 5.92 Å². The highest BCUT2D eigenvalue weighted by molar-refractivity contribution is 14.0. The lowest BCUT2D eigenvalue weighted by Gasteiger charge is -2.36. The summed E-state index contributed by atoms with van der Waals surface area (Å²) in [4.78, 5) is 21.2. The zero-order valence-corrected chi connectivity index (χ0v) is 18.5. The number of nitrogens with one attached hydrogen (secondary N) is 1. The summed E-state index contributed by atoms with van der Waals surface area (Å²) in [7, 11) is 0. The van der Waals surface area contributed by atoms with E-state index in [-0.39, 0.29) is 24.0 Å². The molecule has 1 aliphatic carbocycles. The molecule has 0 atom stereocenters. The van der Waals surface area contributed by atoms with Gasteiger partial charge in [0.1, 0.15) is 0 Å². The highest BCUT2D eigenvalue weighted by atomic mass is 127.